The number of aryl methyl sites for hydroxylation is 2. The molecule has 0 aliphatic carbocycles. The molecule has 2 aromatic carbocycles. The summed E-state index contributed by atoms with van der Waals surface area (Å²) in [5.41, 5.74) is 2.60. The maximum absolute atomic E-state index is 13.2. The molecule has 0 amide bonds. The molecular formula is C24H30N4O3S. The zero-order valence-corrected chi connectivity index (χ0v) is 19.7. The molecule has 0 atom stereocenters. The van der Waals surface area contributed by atoms with Crippen molar-refractivity contribution in [1.82, 2.24) is 18.7 Å². The summed E-state index contributed by atoms with van der Waals surface area (Å²) >= 11 is 0. The van der Waals surface area contributed by atoms with E-state index in [1.165, 1.54) is 4.68 Å². The molecule has 0 radical (unpaired) electrons. The first-order valence-electron chi connectivity index (χ1n) is 11.1. The lowest BCUT2D eigenvalue weighted by molar-refractivity contribution is 0.308. The zero-order valence-electron chi connectivity index (χ0n) is 18.9. The van der Waals surface area contributed by atoms with Gasteiger partial charge in [-0.1, -0.05) is 42.5 Å². The van der Waals surface area contributed by atoms with E-state index in [0.29, 0.717) is 43.9 Å². The summed E-state index contributed by atoms with van der Waals surface area (Å²) in [4.78, 5) is 13.3. The van der Waals surface area contributed by atoms with Gasteiger partial charge in [0.25, 0.3) is 0 Å². The van der Waals surface area contributed by atoms with Gasteiger partial charge in [-0.2, -0.15) is 9.40 Å². The molecule has 0 saturated carbocycles. The van der Waals surface area contributed by atoms with Gasteiger partial charge in [0.2, 0.25) is 10.0 Å². The number of hydrogen-bond acceptors (Lipinski definition) is 4. The lowest BCUT2D eigenvalue weighted by Gasteiger charge is -2.31. The predicted octanol–water partition coefficient (Wildman–Crippen LogP) is 3.30. The van der Waals surface area contributed by atoms with E-state index in [-0.39, 0.29) is 11.6 Å². The quantitative estimate of drug-likeness (QED) is 0.573. The molecule has 8 heteroatoms. The van der Waals surface area contributed by atoms with Crippen molar-refractivity contribution in [1.29, 1.82) is 0 Å². The summed E-state index contributed by atoms with van der Waals surface area (Å²) < 4.78 is 31.3. The van der Waals surface area contributed by atoms with Crippen LogP contribution in [0.5, 0.6) is 0 Å². The first-order chi connectivity index (χ1) is 15.3. The Morgan fingerprint density at radius 3 is 2.38 bits per heavy atom. The highest BCUT2D eigenvalue weighted by Crippen LogP contribution is 2.30. The van der Waals surface area contributed by atoms with Crippen LogP contribution >= 0.6 is 0 Å². The number of benzene rings is 2. The van der Waals surface area contributed by atoms with Crippen molar-refractivity contribution in [3.8, 4) is 0 Å². The second-order valence-corrected chi connectivity index (χ2v) is 10.4. The SMILES string of the molecule is CCn1c(C2CCN(S(=O)(=O)c3cc(C)ccc3C)CC2)nn(Cc2ccccc2)c1=O. The molecule has 1 saturated heterocycles. The Labute approximate surface area is 189 Å². The predicted molar refractivity (Wildman–Crippen MR) is 124 cm³/mol. The van der Waals surface area contributed by atoms with Crippen LogP contribution in [0.15, 0.2) is 58.2 Å². The van der Waals surface area contributed by atoms with Crippen molar-refractivity contribution in [2.75, 3.05) is 13.1 Å². The average Bonchev–Trinajstić information content (AvgIpc) is 3.11. The lowest BCUT2D eigenvalue weighted by atomic mass is 9.97. The fourth-order valence-electron chi connectivity index (χ4n) is 4.40. The topological polar surface area (TPSA) is 77.2 Å². The van der Waals surface area contributed by atoms with Crippen LogP contribution in [0.3, 0.4) is 0 Å². The standard InChI is InChI=1S/C24H30N4O3S/c1-4-27-23(25-28(24(27)29)17-20-8-6-5-7-9-20)21-12-14-26(15-13-21)32(30,31)22-16-18(2)10-11-19(22)3/h5-11,16,21H,4,12-15,17H2,1-3H3. The van der Waals surface area contributed by atoms with Crippen molar-refractivity contribution in [3.05, 3.63) is 81.5 Å². The first kappa shape index (κ1) is 22.5. The van der Waals surface area contributed by atoms with Gasteiger partial charge in [-0.15, -0.1) is 0 Å². The molecule has 2 heterocycles. The molecule has 0 unspecified atom stereocenters. The molecule has 0 bridgehead atoms. The molecule has 1 aliphatic rings. The minimum Gasteiger partial charge on any atom is -0.279 e. The third-order valence-corrected chi connectivity index (χ3v) is 8.26. The van der Waals surface area contributed by atoms with E-state index >= 15 is 0 Å². The summed E-state index contributed by atoms with van der Waals surface area (Å²) in [6, 6.07) is 15.3. The normalized spacial score (nSPS) is 15.8. The number of piperidine rings is 1. The Balaban J connectivity index is 1.54. The van der Waals surface area contributed by atoms with E-state index < -0.39 is 10.0 Å². The Bertz CT molecular complexity index is 1250. The van der Waals surface area contributed by atoms with E-state index in [4.69, 9.17) is 0 Å². The highest BCUT2D eigenvalue weighted by molar-refractivity contribution is 7.89. The Morgan fingerprint density at radius 2 is 1.72 bits per heavy atom. The smallest absolute Gasteiger partial charge is 0.279 e. The van der Waals surface area contributed by atoms with Gasteiger partial charge >= 0.3 is 5.69 Å². The minimum atomic E-state index is -3.54. The Hall–Kier alpha value is -2.71. The third-order valence-electron chi connectivity index (χ3n) is 6.22. The van der Waals surface area contributed by atoms with Crippen LogP contribution in [0, 0.1) is 13.8 Å². The van der Waals surface area contributed by atoms with Crippen molar-refractivity contribution in [3.63, 3.8) is 0 Å². The van der Waals surface area contributed by atoms with Gasteiger partial charge in [0.05, 0.1) is 11.4 Å². The number of rotatable bonds is 6. The maximum Gasteiger partial charge on any atom is 0.346 e. The van der Waals surface area contributed by atoms with E-state index in [1.54, 1.807) is 14.9 Å². The van der Waals surface area contributed by atoms with Crippen molar-refractivity contribution in [2.24, 2.45) is 0 Å². The van der Waals surface area contributed by atoms with Crippen LogP contribution in [0.1, 0.15) is 48.2 Å². The molecule has 4 rings (SSSR count). The van der Waals surface area contributed by atoms with Gasteiger partial charge in [0.15, 0.2) is 0 Å². The summed E-state index contributed by atoms with van der Waals surface area (Å²) in [6.45, 7) is 7.50. The van der Waals surface area contributed by atoms with Crippen LogP contribution in [-0.2, 0) is 23.1 Å². The van der Waals surface area contributed by atoms with Crippen molar-refractivity contribution >= 4 is 10.0 Å². The molecule has 32 heavy (non-hydrogen) atoms. The molecule has 1 aliphatic heterocycles. The van der Waals surface area contributed by atoms with E-state index in [2.05, 4.69) is 5.10 Å². The van der Waals surface area contributed by atoms with Gasteiger partial charge in [-0.25, -0.2) is 17.9 Å². The van der Waals surface area contributed by atoms with Crippen molar-refractivity contribution < 1.29 is 8.42 Å². The summed E-state index contributed by atoms with van der Waals surface area (Å²) in [5, 5.41) is 4.67. The van der Waals surface area contributed by atoms with Gasteiger partial charge in [-0.3, -0.25) is 4.57 Å². The largest absolute Gasteiger partial charge is 0.346 e. The van der Waals surface area contributed by atoms with Crippen LogP contribution in [0.25, 0.3) is 0 Å². The van der Waals surface area contributed by atoms with Gasteiger partial charge in [0, 0.05) is 25.6 Å². The van der Waals surface area contributed by atoms with Gasteiger partial charge in [0.1, 0.15) is 5.82 Å². The van der Waals surface area contributed by atoms with Crippen LogP contribution < -0.4 is 5.69 Å². The summed E-state index contributed by atoms with van der Waals surface area (Å²) in [5.74, 6) is 0.821. The molecule has 0 N–H and O–H groups in total. The third kappa shape index (κ3) is 4.29. The zero-order chi connectivity index (χ0) is 22.9. The second kappa shape index (κ2) is 9.03. The molecular weight excluding hydrogens is 424 g/mol. The highest BCUT2D eigenvalue weighted by Gasteiger charge is 2.33. The molecule has 7 nitrogen and oxygen atoms in total. The Kier molecular flexibility index (Phi) is 6.35. The lowest BCUT2D eigenvalue weighted by Crippen LogP contribution is -2.38. The van der Waals surface area contributed by atoms with E-state index in [1.807, 2.05) is 63.2 Å². The second-order valence-electron chi connectivity index (χ2n) is 8.48. The van der Waals surface area contributed by atoms with E-state index in [0.717, 1.165) is 22.5 Å². The molecule has 1 fully saturated rings. The summed E-state index contributed by atoms with van der Waals surface area (Å²) in [7, 11) is -3.54. The maximum atomic E-state index is 13.2. The van der Waals surface area contributed by atoms with Crippen LogP contribution in [0.4, 0.5) is 0 Å². The minimum absolute atomic E-state index is 0.0599. The summed E-state index contributed by atoms with van der Waals surface area (Å²) in [6.07, 6.45) is 1.29. The molecule has 170 valence electrons. The number of hydrogen-bond donors (Lipinski definition) is 0. The van der Waals surface area contributed by atoms with Gasteiger partial charge in [-0.05, 0) is 56.4 Å². The first-order valence-corrected chi connectivity index (χ1v) is 12.5. The van der Waals surface area contributed by atoms with Crippen molar-refractivity contribution in [2.45, 2.75) is 57.5 Å². The Morgan fingerprint density at radius 1 is 1.03 bits per heavy atom. The van der Waals surface area contributed by atoms with E-state index in [9.17, 15) is 13.2 Å². The van der Waals surface area contributed by atoms with Crippen LogP contribution in [0.2, 0.25) is 0 Å². The monoisotopic (exact) mass is 454 g/mol. The average molecular weight is 455 g/mol. The molecule has 0 spiro atoms. The fraction of sp³-hybridized carbons (Fsp3) is 0.417. The number of sulfonamides is 1. The molecule has 3 aromatic rings. The fourth-order valence-corrected chi connectivity index (χ4v) is 6.17. The van der Waals surface area contributed by atoms with Crippen LogP contribution in [-0.4, -0.2) is 40.2 Å². The highest BCUT2D eigenvalue weighted by atomic mass is 32.2. The van der Waals surface area contributed by atoms with Gasteiger partial charge < -0.3 is 0 Å². The molecule has 1 aromatic heterocycles. The number of aromatic nitrogens is 3. The number of nitrogens with zero attached hydrogens (tertiary/aromatic N) is 4.